The number of amides is 2. The summed E-state index contributed by atoms with van der Waals surface area (Å²) < 4.78 is 0. The molecule has 2 amide bonds. The molecule has 3 atom stereocenters. The van der Waals surface area contributed by atoms with Crippen molar-refractivity contribution in [2.45, 2.75) is 19.9 Å². The maximum Gasteiger partial charge on any atom is 0.255 e. The highest BCUT2D eigenvalue weighted by atomic mass is 16.2. The van der Waals surface area contributed by atoms with Gasteiger partial charge in [0.2, 0.25) is 5.91 Å². The summed E-state index contributed by atoms with van der Waals surface area (Å²) in [7, 11) is 0. The zero-order valence-electron chi connectivity index (χ0n) is 15.1. The van der Waals surface area contributed by atoms with Crippen molar-refractivity contribution in [3.63, 3.8) is 0 Å². The lowest BCUT2D eigenvalue weighted by atomic mass is 9.87. The number of rotatable bonds is 2. The highest BCUT2D eigenvalue weighted by molar-refractivity contribution is 5.94. The van der Waals surface area contributed by atoms with Gasteiger partial charge in [-0.1, -0.05) is 24.3 Å². The molecule has 4 rings (SSSR count). The second kappa shape index (κ2) is 6.56. The Bertz CT molecular complexity index is 836. The van der Waals surface area contributed by atoms with Crippen LogP contribution in [-0.2, 0) is 4.79 Å². The summed E-state index contributed by atoms with van der Waals surface area (Å²) in [5, 5.41) is 0. The average molecular weight is 349 g/mol. The molecular weight excluding hydrogens is 326 g/mol. The highest BCUT2D eigenvalue weighted by Gasteiger charge is 2.49. The molecule has 0 saturated carbocycles. The van der Waals surface area contributed by atoms with Crippen LogP contribution in [0.5, 0.6) is 0 Å². The van der Waals surface area contributed by atoms with Gasteiger partial charge < -0.3 is 9.80 Å². The van der Waals surface area contributed by atoms with Crippen LogP contribution in [0, 0.1) is 18.8 Å². The number of aryl methyl sites for hydroxylation is 1. The van der Waals surface area contributed by atoms with Crippen molar-refractivity contribution in [2.24, 2.45) is 11.8 Å². The lowest BCUT2D eigenvalue weighted by Crippen LogP contribution is -2.36. The van der Waals surface area contributed by atoms with Crippen LogP contribution in [0.3, 0.4) is 0 Å². The summed E-state index contributed by atoms with van der Waals surface area (Å²) in [6, 6.07) is 11.9. The Hall–Kier alpha value is -2.69. The van der Waals surface area contributed by atoms with Crippen molar-refractivity contribution < 1.29 is 9.59 Å². The van der Waals surface area contributed by atoms with Gasteiger partial charge in [-0.2, -0.15) is 0 Å². The molecule has 0 unspecified atom stereocenters. The van der Waals surface area contributed by atoms with Gasteiger partial charge in [0.05, 0.1) is 11.6 Å². The van der Waals surface area contributed by atoms with Gasteiger partial charge in [0.15, 0.2) is 0 Å². The second-order valence-electron chi connectivity index (χ2n) is 7.35. The quantitative estimate of drug-likeness (QED) is 0.838. The monoisotopic (exact) mass is 349 g/mol. The molecule has 5 heteroatoms. The third-order valence-corrected chi connectivity index (χ3v) is 5.77. The number of hydrogen-bond acceptors (Lipinski definition) is 3. The predicted molar refractivity (Wildman–Crippen MR) is 98.4 cm³/mol. The van der Waals surface area contributed by atoms with Crippen LogP contribution in [0.2, 0.25) is 0 Å². The van der Waals surface area contributed by atoms with Crippen molar-refractivity contribution in [3.05, 3.63) is 65.5 Å². The van der Waals surface area contributed by atoms with Crippen molar-refractivity contribution in [2.75, 3.05) is 19.6 Å². The van der Waals surface area contributed by atoms with Gasteiger partial charge >= 0.3 is 0 Å². The van der Waals surface area contributed by atoms with E-state index in [2.05, 4.69) is 24.0 Å². The second-order valence-corrected chi connectivity index (χ2v) is 7.35. The van der Waals surface area contributed by atoms with Crippen LogP contribution >= 0.6 is 0 Å². The number of carbonyl (C=O) groups is 2. The van der Waals surface area contributed by atoms with E-state index in [9.17, 15) is 9.59 Å². The van der Waals surface area contributed by atoms with Crippen LogP contribution < -0.4 is 0 Å². The maximum absolute atomic E-state index is 12.8. The Labute approximate surface area is 153 Å². The topological polar surface area (TPSA) is 53.5 Å². The van der Waals surface area contributed by atoms with E-state index in [1.807, 2.05) is 28.0 Å². The van der Waals surface area contributed by atoms with E-state index in [4.69, 9.17) is 0 Å². The number of likely N-dealkylation sites (tertiary alicyclic amines) is 2. The third-order valence-electron chi connectivity index (χ3n) is 5.77. The molecule has 1 aromatic heterocycles. The summed E-state index contributed by atoms with van der Waals surface area (Å²) in [5.41, 5.74) is 3.02. The number of aromatic nitrogens is 1. The normalized spacial score (nSPS) is 24.6. The van der Waals surface area contributed by atoms with E-state index in [0.717, 1.165) is 6.54 Å². The minimum Gasteiger partial charge on any atom is -0.338 e. The lowest BCUT2D eigenvalue weighted by Gasteiger charge is -2.30. The van der Waals surface area contributed by atoms with Crippen LogP contribution in [0.1, 0.15) is 34.5 Å². The number of pyridine rings is 1. The van der Waals surface area contributed by atoms with E-state index in [1.54, 1.807) is 25.4 Å². The van der Waals surface area contributed by atoms with Crippen LogP contribution in [0.4, 0.5) is 0 Å². The third kappa shape index (κ3) is 2.77. The van der Waals surface area contributed by atoms with Crippen LogP contribution in [0.15, 0.2) is 48.8 Å². The Morgan fingerprint density at radius 2 is 1.88 bits per heavy atom. The molecule has 0 bridgehead atoms. The van der Waals surface area contributed by atoms with Gasteiger partial charge in [0.1, 0.15) is 0 Å². The van der Waals surface area contributed by atoms with E-state index in [0.29, 0.717) is 24.6 Å². The van der Waals surface area contributed by atoms with E-state index in [1.165, 1.54) is 11.1 Å². The Kier molecular flexibility index (Phi) is 4.23. The van der Waals surface area contributed by atoms with Crippen molar-refractivity contribution in [1.29, 1.82) is 0 Å². The molecule has 1 aromatic carbocycles. The summed E-state index contributed by atoms with van der Waals surface area (Å²) in [6.07, 6.45) is 3.30. The fraction of sp³-hybridized carbons (Fsp3) is 0.381. The molecule has 2 saturated heterocycles. The first-order chi connectivity index (χ1) is 12.6. The summed E-state index contributed by atoms with van der Waals surface area (Å²) >= 11 is 0. The Morgan fingerprint density at radius 1 is 1.08 bits per heavy atom. The molecule has 134 valence electrons. The van der Waals surface area contributed by atoms with Gasteiger partial charge in [-0.05, 0) is 30.2 Å². The van der Waals surface area contributed by atoms with Crippen LogP contribution in [0.25, 0.3) is 0 Å². The Balaban J connectivity index is 1.62. The number of benzene rings is 1. The van der Waals surface area contributed by atoms with Gasteiger partial charge in [-0.15, -0.1) is 0 Å². The molecule has 26 heavy (non-hydrogen) atoms. The standard InChI is InChI=1S/C21H23N3O2/c1-14-6-3-4-8-18(14)20-19-13-23(11-17(19)12-24(20)15(2)25)21(26)16-7-5-9-22-10-16/h3-10,17,19-20H,11-13H2,1-2H3/t17-,19-,20+/m1/s1. The molecule has 0 aliphatic carbocycles. The van der Waals surface area contributed by atoms with Gasteiger partial charge in [0.25, 0.3) is 5.91 Å². The molecule has 0 radical (unpaired) electrons. The van der Waals surface area contributed by atoms with Crippen molar-refractivity contribution in [3.8, 4) is 0 Å². The fourth-order valence-electron chi connectivity index (χ4n) is 4.52. The number of hydrogen-bond donors (Lipinski definition) is 0. The van der Waals surface area contributed by atoms with Crippen molar-refractivity contribution in [1.82, 2.24) is 14.8 Å². The van der Waals surface area contributed by atoms with E-state index < -0.39 is 0 Å². The lowest BCUT2D eigenvalue weighted by molar-refractivity contribution is -0.130. The first kappa shape index (κ1) is 16.8. The number of carbonyl (C=O) groups excluding carboxylic acids is 2. The molecule has 5 nitrogen and oxygen atoms in total. The van der Waals surface area contributed by atoms with E-state index in [-0.39, 0.29) is 23.8 Å². The molecule has 3 heterocycles. The molecule has 2 aromatic rings. The van der Waals surface area contributed by atoms with E-state index >= 15 is 0 Å². The summed E-state index contributed by atoms with van der Waals surface area (Å²) in [5.74, 6) is 0.743. The molecule has 2 aliphatic rings. The van der Waals surface area contributed by atoms with Crippen molar-refractivity contribution >= 4 is 11.8 Å². The predicted octanol–water partition coefficient (Wildman–Crippen LogP) is 2.68. The molecule has 2 fully saturated rings. The molecule has 0 spiro atoms. The maximum atomic E-state index is 12.8. The first-order valence-corrected chi connectivity index (χ1v) is 9.08. The minimum absolute atomic E-state index is 0.0328. The fourth-order valence-corrected chi connectivity index (χ4v) is 4.52. The largest absolute Gasteiger partial charge is 0.338 e. The summed E-state index contributed by atoms with van der Waals surface area (Å²) in [4.78, 5) is 33.0. The van der Waals surface area contributed by atoms with Gasteiger partial charge in [-0.3, -0.25) is 14.6 Å². The zero-order chi connectivity index (χ0) is 18.3. The number of nitrogens with zero attached hydrogens (tertiary/aromatic N) is 3. The van der Waals surface area contributed by atoms with Crippen LogP contribution in [-0.4, -0.2) is 46.2 Å². The molecular formula is C21H23N3O2. The zero-order valence-corrected chi connectivity index (χ0v) is 15.1. The minimum atomic E-state index is 0.0328. The van der Waals surface area contributed by atoms with Gasteiger partial charge in [0, 0.05) is 50.8 Å². The first-order valence-electron chi connectivity index (χ1n) is 9.08. The average Bonchev–Trinajstić information content (AvgIpc) is 3.20. The SMILES string of the molecule is CC(=O)N1C[C@H]2CN(C(=O)c3cccnc3)C[C@H]2[C@@H]1c1ccccc1C. The molecule has 0 N–H and O–H groups in total. The highest BCUT2D eigenvalue weighted by Crippen LogP contribution is 2.45. The smallest absolute Gasteiger partial charge is 0.255 e. The summed E-state index contributed by atoms with van der Waals surface area (Å²) in [6.45, 7) is 5.83. The number of fused-ring (bicyclic) bond motifs is 1. The molecule has 2 aliphatic heterocycles. The Morgan fingerprint density at radius 3 is 2.58 bits per heavy atom. The van der Waals surface area contributed by atoms with Gasteiger partial charge in [-0.25, -0.2) is 0 Å².